The zero-order chi connectivity index (χ0) is 27.1. The van der Waals surface area contributed by atoms with Crippen LogP contribution in [0, 0.1) is 0 Å². The third kappa shape index (κ3) is 13.8. The molecule has 35 heavy (non-hydrogen) atoms. The maximum Gasteiger partial charge on any atom is 0.326 e. The van der Waals surface area contributed by atoms with Crippen molar-refractivity contribution in [3.8, 4) is 0 Å². The summed E-state index contributed by atoms with van der Waals surface area (Å²) in [5.41, 5.74) is 15.7. The van der Waals surface area contributed by atoms with Gasteiger partial charge in [0.15, 0.2) is 0 Å². The lowest BCUT2D eigenvalue weighted by atomic mass is 10.1. The van der Waals surface area contributed by atoms with E-state index < -0.39 is 72.1 Å². The van der Waals surface area contributed by atoms with Crippen LogP contribution in [0.25, 0.3) is 0 Å². The van der Waals surface area contributed by atoms with Crippen molar-refractivity contribution in [2.45, 2.75) is 62.7 Å². The molecule has 16 heteroatoms. The van der Waals surface area contributed by atoms with E-state index >= 15 is 0 Å². The first-order valence-corrected chi connectivity index (χ1v) is 11.8. The van der Waals surface area contributed by atoms with Crippen LogP contribution in [0.3, 0.4) is 0 Å². The number of amides is 5. The van der Waals surface area contributed by atoms with E-state index in [1.54, 1.807) is 6.26 Å². The van der Waals surface area contributed by atoms with Crippen LogP contribution in [0.15, 0.2) is 0 Å². The number of carbonyl (C=O) groups excluding carboxylic acids is 5. The molecule has 0 radical (unpaired) electrons. The van der Waals surface area contributed by atoms with Gasteiger partial charge < -0.3 is 43.4 Å². The molecule has 15 nitrogen and oxygen atoms in total. The number of carboxylic acids is 2. The van der Waals surface area contributed by atoms with Crippen molar-refractivity contribution < 1.29 is 43.8 Å². The minimum absolute atomic E-state index is 0.0655. The number of primary amides is 2. The summed E-state index contributed by atoms with van der Waals surface area (Å²) in [4.78, 5) is 82.1. The van der Waals surface area contributed by atoms with E-state index in [0.29, 0.717) is 5.75 Å². The van der Waals surface area contributed by atoms with E-state index in [1.807, 2.05) is 0 Å². The molecule has 0 aliphatic heterocycles. The Balaban J connectivity index is 5.47. The van der Waals surface area contributed by atoms with Crippen LogP contribution in [0.5, 0.6) is 0 Å². The molecule has 0 aromatic rings. The van der Waals surface area contributed by atoms with Gasteiger partial charge in [-0.2, -0.15) is 11.8 Å². The number of hydrogen-bond donors (Lipinski definition) is 8. The van der Waals surface area contributed by atoms with Crippen LogP contribution >= 0.6 is 11.8 Å². The molecule has 0 aliphatic rings. The number of rotatable bonds is 18. The number of thioether (sulfide) groups is 1. The zero-order valence-electron chi connectivity index (χ0n) is 19.2. The smallest absolute Gasteiger partial charge is 0.326 e. The van der Waals surface area contributed by atoms with Crippen molar-refractivity contribution in [3.05, 3.63) is 0 Å². The molecule has 0 heterocycles. The standard InChI is InChI=1S/C19H32N6O9S/c1-35-7-6-10(23-16(30)9(20)2-4-13(21)26)17(31)25-12(8-15(28)29)18(32)24-11(19(33)34)3-5-14(22)27/h9-12H,2-8,20H2,1H3,(H2,21,26)(H2,22,27)(H,23,30)(H,24,32)(H,25,31)(H,28,29)(H,33,34). The summed E-state index contributed by atoms with van der Waals surface area (Å²) in [6.45, 7) is 0. The Kier molecular flexibility index (Phi) is 14.7. The fourth-order valence-corrected chi connectivity index (χ4v) is 3.16. The molecule has 5 amide bonds. The van der Waals surface area contributed by atoms with Gasteiger partial charge >= 0.3 is 11.9 Å². The molecule has 0 spiro atoms. The van der Waals surface area contributed by atoms with E-state index in [4.69, 9.17) is 22.3 Å². The molecule has 0 aliphatic carbocycles. The van der Waals surface area contributed by atoms with Crippen molar-refractivity contribution in [3.63, 3.8) is 0 Å². The van der Waals surface area contributed by atoms with Crippen molar-refractivity contribution in [1.82, 2.24) is 16.0 Å². The molecule has 11 N–H and O–H groups in total. The lowest BCUT2D eigenvalue weighted by Crippen LogP contribution is -2.57. The summed E-state index contributed by atoms with van der Waals surface area (Å²) < 4.78 is 0. The average Bonchev–Trinajstić information content (AvgIpc) is 2.75. The molecule has 0 bridgehead atoms. The Bertz CT molecular complexity index is 810. The molecule has 4 atom stereocenters. The Morgan fingerprint density at radius 2 is 1.23 bits per heavy atom. The lowest BCUT2D eigenvalue weighted by molar-refractivity contribution is -0.144. The highest BCUT2D eigenvalue weighted by Crippen LogP contribution is 2.06. The summed E-state index contributed by atoms with van der Waals surface area (Å²) >= 11 is 1.35. The van der Waals surface area contributed by atoms with E-state index in [0.717, 1.165) is 0 Å². The molecule has 4 unspecified atom stereocenters. The van der Waals surface area contributed by atoms with Gasteiger partial charge in [0.1, 0.15) is 18.1 Å². The fraction of sp³-hybridized carbons (Fsp3) is 0.632. The first-order valence-electron chi connectivity index (χ1n) is 10.4. The highest BCUT2D eigenvalue weighted by atomic mass is 32.2. The molecule has 0 aromatic heterocycles. The Morgan fingerprint density at radius 1 is 0.743 bits per heavy atom. The van der Waals surface area contributed by atoms with Crippen molar-refractivity contribution in [2.75, 3.05) is 12.0 Å². The van der Waals surface area contributed by atoms with Crippen molar-refractivity contribution in [1.29, 1.82) is 0 Å². The normalized spacial score (nSPS) is 14.0. The van der Waals surface area contributed by atoms with E-state index in [2.05, 4.69) is 16.0 Å². The summed E-state index contributed by atoms with van der Waals surface area (Å²) in [7, 11) is 0. The molecule has 0 fully saturated rings. The van der Waals surface area contributed by atoms with Crippen LogP contribution in [0.4, 0.5) is 0 Å². The zero-order valence-corrected chi connectivity index (χ0v) is 20.0. The summed E-state index contributed by atoms with van der Waals surface area (Å²) in [6, 6.07) is -5.60. The number of carbonyl (C=O) groups is 7. The Hall–Kier alpha value is -3.40. The van der Waals surface area contributed by atoms with Crippen molar-refractivity contribution >= 4 is 53.2 Å². The third-order valence-electron chi connectivity index (χ3n) is 4.59. The highest BCUT2D eigenvalue weighted by Gasteiger charge is 2.31. The van der Waals surface area contributed by atoms with Crippen LogP contribution in [0.2, 0.25) is 0 Å². The first kappa shape index (κ1) is 31.6. The summed E-state index contributed by atoms with van der Waals surface area (Å²) in [6.07, 6.45) is 0.0294. The minimum atomic E-state index is -1.69. The monoisotopic (exact) mass is 520 g/mol. The second-order valence-corrected chi connectivity index (χ2v) is 8.50. The highest BCUT2D eigenvalue weighted by molar-refractivity contribution is 7.98. The van der Waals surface area contributed by atoms with Crippen LogP contribution in [-0.4, -0.2) is 87.9 Å². The van der Waals surface area contributed by atoms with Gasteiger partial charge in [-0.15, -0.1) is 0 Å². The maximum atomic E-state index is 12.8. The molecule has 0 aromatic carbocycles. The summed E-state index contributed by atoms with van der Waals surface area (Å²) in [5, 5.41) is 25.0. The van der Waals surface area contributed by atoms with Gasteiger partial charge in [-0.05, 0) is 31.3 Å². The fourth-order valence-electron chi connectivity index (χ4n) is 2.68. The predicted molar refractivity (Wildman–Crippen MR) is 124 cm³/mol. The lowest BCUT2D eigenvalue weighted by Gasteiger charge is -2.24. The predicted octanol–water partition coefficient (Wildman–Crippen LogP) is -3.39. The van der Waals surface area contributed by atoms with Gasteiger partial charge in [0.05, 0.1) is 12.5 Å². The third-order valence-corrected chi connectivity index (χ3v) is 5.23. The number of hydrogen-bond acceptors (Lipinski definition) is 9. The van der Waals surface area contributed by atoms with Crippen molar-refractivity contribution in [2.24, 2.45) is 17.2 Å². The van der Waals surface area contributed by atoms with Gasteiger partial charge in [0.25, 0.3) is 0 Å². The second kappa shape index (κ2) is 16.3. The topological polar surface area (TPSA) is 274 Å². The number of nitrogens with one attached hydrogen (secondary N) is 3. The first-order chi connectivity index (χ1) is 16.3. The summed E-state index contributed by atoms with van der Waals surface area (Å²) in [5.74, 6) is -6.80. The molecule has 0 saturated carbocycles. The molecule has 0 rings (SSSR count). The van der Waals surface area contributed by atoms with Gasteiger partial charge in [-0.25, -0.2) is 4.79 Å². The SMILES string of the molecule is CSCCC(NC(=O)C(N)CCC(N)=O)C(=O)NC(CC(=O)O)C(=O)NC(CCC(N)=O)C(=O)O. The minimum Gasteiger partial charge on any atom is -0.481 e. The average molecular weight is 521 g/mol. The number of nitrogens with two attached hydrogens (primary N) is 3. The Morgan fingerprint density at radius 3 is 1.71 bits per heavy atom. The van der Waals surface area contributed by atoms with Crippen LogP contribution in [0.1, 0.15) is 38.5 Å². The molecule has 0 saturated heterocycles. The van der Waals surface area contributed by atoms with E-state index in [1.165, 1.54) is 11.8 Å². The largest absolute Gasteiger partial charge is 0.481 e. The molecular weight excluding hydrogens is 488 g/mol. The maximum absolute atomic E-state index is 12.8. The second-order valence-electron chi connectivity index (χ2n) is 7.52. The van der Waals surface area contributed by atoms with E-state index in [-0.39, 0.29) is 32.1 Å². The Labute approximate surface area is 205 Å². The number of aliphatic carboxylic acids is 2. The van der Waals surface area contributed by atoms with E-state index in [9.17, 15) is 38.7 Å². The molecular formula is C19H32N6O9S. The van der Waals surface area contributed by atoms with Gasteiger partial charge in [0.2, 0.25) is 29.5 Å². The van der Waals surface area contributed by atoms with Gasteiger partial charge in [-0.1, -0.05) is 0 Å². The van der Waals surface area contributed by atoms with Gasteiger partial charge in [0, 0.05) is 12.8 Å². The van der Waals surface area contributed by atoms with Crippen LogP contribution < -0.4 is 33.2 Å². The quantitative estimate of drug-likeness (QED) is 0.0882. The van der Waals surface area contributed by atoms with Crippen LogP contribution in [-0.2, 0) is 33.6 Å². The van der Waals surface area contributed by atoms with Gasteiger partial charge in [-0.3, -0.25) is 28.8 Å². The number of carboxylic acid groups (broad SMARTS) is 2. The molecule has 198 valence electrons.